The van der Waals surface area contributed by atoms with Gasteiger partial charge >= 0.3 is 18.4 Å². The van der Waals surface area contributed by atoms with E-state index in [0.29, 0.717) is 25.1 Å². The first-order chi connectivity index (χ1) is 18.5. The van der Waals surface area contributed by atoms with Crippen molar-refractivity contribution in [3.8, 4) is 0 Å². The topological polar surface area (TPSA) is 64.1 Å². The van der Waals surface area contributed by atoms with Crippen LogP contribution in [0.3, 0.4) is 0 Å². The molecule has 2 fully saturated rings. The summed E-state index contributed by atoms with van der Waals surface area (Å²) in [7, 11) is 1.45. The molecule has 2 saturated heterocycles. The zero-order valence-corrected chi connectivity index (χ0v) is 22.3. The number of likely N-dealkylation sites (tertiary alicyclic amines) is 2. The van der Waals surface area contributed by atoms with E-state index in [1.807, 2.05) is 18.2 Å². The van der Waals surface area contributed by atoms with E-state index in [0.717, 1.165) is 5.56 Å². The van der Waals surface area contributed by atoms with Crippen molar-refractivity contribution in [3.05, 3.63) is 70.8 Å². The van der Waals surface area contributed by atoms with Crippen LogP contribution >= 0.6 is 0 Å². The van der Waals surface area contributed by atoms with Crippen molar-refractivity contribution in [2.24, 2.45) is 0 Å². The summed E-state index contributed by atoms with van der Waals surface area (Å²) in [5.41, 5.74) is -4.32. The number of β-amino-alcohol motifs (C(OH)–C–C–N with tert-alkyl or cyclic N) is 1. The van der Waals surface area contributed by atoms with E-state index in [2.05, 4.69) is 0 Å². The number of carbonyl (C=O) groups excluding carboxylic acids is 2. The van der Waals surface area contributed by atoms with Gasteiger partial charge in [0.15, 0.2) is 0 Å². The molecule has 40 heavy (non-hydrogen) atoms. The average Bonchev–Trinajstić information content (AvgIpc) is 3.53. The number of hydrogen-bond acceptors (Lipinski definition) is 3. The van der Waals surface area contributed by atoms with Crippen molar-refractivity contribution in [1.82, 2.24) is 14.7 Å². The first kappa shape index (κ1) is 29.7. The number of aliphatic hydroxyl groups excluding tert-OH is 1. The van der Waals surface area contributed by atoms with E-state index >= 15 is 0 Å². The molecule has 1 unspecified atom stereocenters. The summed E-state index contributed by atoms with van der Waals surface area (Å²) in [6, 6.07) is 9.42. The largest absolute Gasteiger partial charge is 0.416 e. The van der Waals surface area contributed by atoms with Gasteiger partial charge in [-0.2, -0.15) is 26.3 Å². The highest BCUT2D eigenvalue weighted by Gasteiger charge is 2.46. The summed E-state index contributed by atoms with van der Waals surface area (Å²) >= 11 is 0. The standard InChI is InChI=1S/C28H31F6N3O3/c1-26(2,18-11-19(27(29,30)31)13-20(12-18)28(32,33)34)24(39)35(3)23-16-37(25(40)36-10-9-21(38)14-36)15-22(23)17-7-5-4-6-8-17/h4-8,11-13,21-23,38H,9-10,14-16H2,1-3H3/t21-,22?,23+/m0/s1. The molecule has 2 aromatic rings. The highest BCUT2D eigenvalue weighted by Crippen LogP contribution is 2.40. The van der Waals surface area contributed by atoms with Crippen molar-refractivity contribution >= 4 is 11.9 Å². The summed E-state index contributed by atoms with van der Waals surface area (Å²) in [6.07, 6.45) is -10.3. The van der Waals surface area contributed by atoms with Gasteiger partial charge in [0.2, 0.25) is 5.91 Å². The molecule has 0 bridgehead atoms. The third-order valence-corrected chi connectivity index (χ3v) is 7.88. The summed E-state index contributed by atoms with van der Waals surface area (Å²) in [5.74, 6) is -1.04. The van der Waals surface area contributed by atoms with Gasteiger partial charge in [-0.1, -0.05) is 30.3 Å². The highest BCUT2D eigenvalue weighted by molar-refractivity contribution is 5.88. The normalized spacial score (nSPS) is 22.1. The number of likely N-dealkylation sites (N-methyl/N-ethyl adjacent to an activating group) is 1. The van der Waals surface area contributed by atoms with Crippen LogP contribution in [-0.2, 0) is 22.6 Å². The number of halogens is 6. The number of benzene rings is 2. The van der Waals surface area contributed by atoms with Gasteiger partial charge < -0.3 is 19.8 Å². The molecule has 2 aromatic carbocycles. The molecule has 0 aliphatic carbocycles. The second-order valence-corrected chi connectivity index (χ2v) is 11.0. The zero-order chi connectivity index (χ0) is 29.6. The lowest BCUT2D eigenvalue weighted by molar-refractivity contribution is -0.144. The molecule has 0 aromatic heterocycles. The Morgan fingerprint density at radius 2 is 1.40 bits per heavy atom. The number of carbonyl (C=O) groups is 2. The van der Waals surface area contributed by atoms with E-state index in [4.69, 9.17) is 0 Å². The fourth-order valence-corrected chi connectivity index (χ4v) is 5.51. The van der Waals surface area contributed by atoms with Crippen LogP contribution in [0.1, 0.15) is 48.4 Å². The number of rotatable bonds is 4. The van der Waals surface area contributed by atoms with Crippen LogP contribution < -0.4 is 0 Å². The molecule has 2 aliphatic rings. The van der Waals surface area contributed by atoms with Gasteiger partial charge in [-0.15, -0.1) is 0 Å². The molecule has 0 spiro atoms. The maximum absolute atomic E-state index is 13.8. The third-order valence-electron chi connectivity index (χ3n) is 7.88. The molecule has 2 aliphatic heterocycles. The highest BCUT2D eigenvalue weighted by atomic mass is 19.4. The van der Waals surface area contributed by atoms with Crippen LogP contribution in [0.15, 0.2) is 48.5 Å². The molecule has 0 saturated carbocycles. The van der Waals surface area contributed by atoms with Gasteiger partial charge in [0.05, 0.1) is 28.7 Å². The van der Waals surface area contributed by atoms with Crippen LogP contribution in [0.25, 0.3) is 0 Å². The number of amides is 3. The Kier molecular flexibility index (Phi) is 7.87. The Labute approximate surface area is 228 Å². The monoisotopic (exact) mass is 571 g/mol. The Morgan fingerprint density at radius 1 is 0.850 bits per heavy atom. The molecule has 6 nitrogen and oxygen atoms in total. The number of nitrogens with zero attached hydrogens (tertiary/aromatic N) is 3. The van der Waals surface area contributed by atoms with E-state index in [9.17, 15) is 41.0 Å². The summed E-state index contributed by atoms with van der Waals surface area (Å²) < 4.78 is 81.1. The van der Waals surface area contributed by atoms with Gasteiger partial charge in [-0.3, -0.25) is 4.79 Å². The molecule has 3 amide bonds. The molecule has 1 N–H and O–H groups in total. The lowest BCUT2D eigenvalue weighted by Crippen LogP contribution is -2.49. The van der Waals surface area contributed by atoms with Crippen molar-refractivity contribution in [2.75, 3.05) is 33.2 Å². The molecule has 4 rings (SSSR count). The average molecular weight is 572 g/mol. The van der Waals surface area contributed by atoms with Crippen molar-refractivity contribution in [1.29, 1.82) is 0 Å². The molecule has 0 radical (unpaired) electrons. The van der Waals surface area contributed by atoms with Crippen LogP contribution in [0.2, 0.25) is 0 Å². The van der Waals surface area contributed by atoms with Gasteiger partial charge in [-0.05, 0) is 49.6 Å². The van der Waals surface area contributed by atoms with Gasteiger partial charge in [0.25, 0.3) is 0 Å². The molecule has 12 heteroatoms. The third kappa shape index (κ3) is 5.91. The molecule has 218 valence electrons. The Morgan fingerprint density at radius 3 is 1.90 bits per heavy atom. The van der Waals surface area contributed by atoms with E-state index in [1.54, 1.807) is 17.0 Å². The summed E-state index contributed by atoms with van der Waals surface area (Å²) in [6.45, 7) is 3.52. The minimum atomic E-state index is -5.05. The van der Waals surface area contributed by atoms with Crippen LogP contribution in [0.4, 0.5) is 31.1 Å². The van der Waals surface area contributed by atoms with Crippen LogP contribution in [0, 0.1) is 0 Å². The lowest BCUT2D eigenvalue weighted by Gasteiger charge is -2.36. The van der Waals surface area contributed by atoms with Gasteiger partial charge in [0, 0.05) is 39.1 Å². The minimum Gasteiger partial charge on any atom is -0.391 e. The van der Waals surface area contributed by atoms with Gasteiger partial charge in [0.1, 0.15) is 0 Å². The van der Waals surface area contributed by atoms with Crippen molar-refractivity contribution < 1.29 is 41.0 Å². The SMILES string of the molecule is CN(C(=O)C(C)(C)c1cc(C(F)(F)F)cc(C(F)(F)F)c1)[C@@H]1CN(C(=O)N2CC[C@H](O)C2)CC1c1ccccc1. The predicted octanol–water partition coefficient (Wildman–Crippen LogP) is 5.11. The van der Waals surface area contributed by atoms with Crippen LogP contribution in [0.5, 0.6) is 0 Å². The zero-order valence-electron chi connectivity index (χ0n) is 22.3. The Hall–Kier alpha value is -3.28. The summed E-state index contributed by atoms with van der Waals surface area (Å²) in [5, 5.41) is 9.87. The minimum absolute atomic E-state index is 0.0367. The Balaban J connectivity index is 1.67. The maximum Gasteiger partial charge on any atom is 0.416 e. The van der Waals surface area contributed by atoms with Crippen molar-refractivity contribution in [3.63, 3.8) is 0 Å². The Bertz CT molecular complexity index is 1220. The summed E-state index contributed by atoms with van der Waals surface area (Å²) in [4.78, 5) is 31.5. The number of hydrogen-bond donors (Lipinski definition) is 1. The fourth-order valence-electron chi connectivity index (χ4n) is 5.51. The van der Waals surface area contributed by atoms with E-state index < -0.39 is 52.5 Å². The van der Waals surface area contributed by atoms with Crippen molar-refractivity contribution in [2.45, 2.75) is 56.1 Å². The molecule has 3 atom stereocenters. The van der Waals surface area contributed by atoms with E-state index in [-0.39, 0.29) is 37.6 Å². The lowest BCUT2D eigenvalue weighted by atomic mass is 9.80. The maximum atomic E-state index is 13.8. The van der Waals surface area contributed by atoms with E-state index in [1.165, 1.54) is 30.7 Å². The smallest absolute Gasteiger partial charge is 0.391 e. The van der Waals surface area contributed by atoms with Gasteiger partial charge in [-0.25, -0.2) is 4.79 Å². The van der Waals surface area contributed by atoms with Crippen LogP contribution in [-0.4, -0.2) is 77.1 Å². The molecular weight excluding hydrogens is 540 g/mol. The quantitative estimate of drug-likeness (QED) is 0.519. The molecular formula is C28H31F6N3O3. The number of urea groups is 1. The first-order valence-electron chi connectivity index (χ1n) is 12.8. The number of aliphatic hydroxyl groups is 1. The molecule has 2 heterocycles. The second-order valence-electron chi connectivity index (χ2n) is 11.0. The second kappa shape index (κ2) is 10.6. The fraction of sp³-hybridized carbons (Fsp3) is 0.500. The number of alkyl halides is 6. The predicted molar refractivity (Wildman–Crippen MR) is 134 cm³/mol. The first-order valence-corrected chi connectivity index (χ1v) is 12.8.